The lowest BCUT2D eigenvalue weighted by Crippen LogP contribution is -2.52. The van der Waals surface area contributed by atoms with E-state index < -0.39 is 30.8 Å². The highest BCUT2D eigenvalue weighted by Crippen LogP contribution is 2.22. The third kappa shape index (κ3) is 2.77. The molecule has 0 aromatic carbocycles. The second kappa shape index (κ2) is 4.58. The average Bonchev–Trinajstić information content (AvgIpc) is 2.19. The maximum atomic E-state index is 12.1. The number of rotatable bonds is 1. The zero-order chi connectivity index (χ0) is 12.3. The van der Waals surface area contributed by atoms with Gasteiger partial charge in [-0.05, 0) is 12.0 Å². The van der Waals surface area contributed by atoms with Crippen LogP contribution in [-0.4, -0.2) is 47.3 Å². The number of carbonyl (C=O) groups is 1. The van der Waals surface area contributed by atoms with Gasteiger partial charge in [-0.3, -0.25) is 4.79 Å². The van der Waals surface area contributed by atoms with Gasteiger partial charge in [0, 0.05) is 18.0 Å². The van der Waals surface area contributed by atoms with Crippen LogP contribution in [-0.2, 0) is 4.79 Å². The molecule has 1 aliphatic heterocycles. The fraction of sp³-hybridized carbons (Fsp3) is 0.857. The highest BCUT2D eigenvalue weighted by atomic mass is 19.4. The van der Waals surface area contributed by atoms with Gasteiger partial charge in [0.15, 0.2) is 0 Å². The molecule has 16 heavy (non-hydrogen) atoms. The second-order valence-corrected chi connectivity index (χ2v) is 3.38. The lowest BCUT2D eigenvalue weighted by molar-refractivity contribution is -0.188. The van der Waals surface area contributed by atoms with Crippen molar-refractivity contribution < 1.29 is 23.1 Å². The molecule has 0 spiro atoms. The molecule has 1 amide bonds. The molecule has 0 aromatic heterocycles. The first kappa shape index (κ1) is 12.6. The van der Waals surface area contributed by atoms with Gasteiger partial charge in [0.25, 0.3) is 0 Å². The van der Waals surface area contributed by atoms with E-state index in [1.54, 1.807) is 0 Å². The molecule has 0 radical (unpaired) electrons. The molecule has 6 nitrogen and oxygen atoms in total. The summed E-state index contributed by atoms with van der Waals surface area (Å²) in [6, 6.07) is -0.776. The molecule has 90 valence electrons. The number of halogens is 3. The van der Waals surface area contributed by atoms with Gasteiger partial charge in [-0.2, -0.15) is 13.2 Å². The van der Waals surface area contributed by atoms with E-state index in [0.717, 1.165) is 0 Å². The summed E-state index contributed by atoms with van der Waals surface area (Å²) in [6.45, 7) is -0.652. The predicted octanol–water partition coefficient (Wildman–Crippen LogP) is 0.821. The SMILES string of the molecule is [N-]=[N+]=N[C@H]1CCN(C(=O)C(F)(F)F)C[C@@H]1O. The molecule has 1 aliphatic rings. The monoisotopic (exact) mass is 238 g/mol. The molecule has 0 aromatic rings. The van der Waals surface area contributed by atoms with Crippen molar-refractivity contribution in [3.63, 3.8) is 0 Å². The summed E-state index contributed by atoms with van der Waals surface area (Å²) in [4.78, 5) is 13.8. The Labute approximate surface area is 88.3 Å². The summed E-state index contributed by atoms with van der Waals surface area (Å²) in [7, 11) is 0. The van der Waals surface area contributed by atoms with Gasteiger partial charge in [0.05, 0.1) is 12.1 Å². The fourth-order valence-corrected chi connectivity index (χ4v) is 1.48. The van der Waals surface area contributed by atoms with Crippen molar-refractivity contribution in [3.8, 4) is 0 Å². The zero-order valence-electron chi connectivity index (χ0n) is 8.05. The Morgan fingerprint density at radius 2 is 2.19 bits per heavy atom. The number of hydrogen-bond donors (Lipinski definition) is 1. The van der Waals surface area contributed by atoms with E-state index in [0.29, 0.717) is 4.90 Å². The van der Waals surface area contributed by atoms with Crippen LogP contribution in [0, 0.1) is 0 Å². The van der Waals surface area contributed by atoms with Crippen molar-refractivity contribution in [2.45, 2.75) is 24.7 Å². The summed E-state index contributed by atoms with van der Waals surface area (Å²) >= 11 is 0. The zero-order valence-corrected chi connectivity index (χ0v) is 8.05. The van der Waals surface area contributed by atoms with E-state index >= 15 is 0 Å². The largest absolute Gasteiger partial charge is 0.471 e. The number of carbonyl (C=O) groups excluding carboxylic acids is 1. The van der Waals surface area contributed by atoms with Crippen LogP contribution >= 0.6 is 0 Å². The predicted molar refractivity (Wildman–Crippen MR) is 46.2 cm³/mol. The Morgan fingerprint density at radius 1 is 1.56 bits per heavy atom. The summed E-state index contributed by atoms with van der Waals surface area (Å²) in [5.41, 5.74) is 8.13. The molecule has 1 N–H and O–H groups in total. The van der Waals surface area contributed by atoms with Crippen LogP contribution < -0.4 is 0 Å². The molecule has 0 bridgehead atoms. The number of alkyl halides is 3. The van der Waals surface area contributed by atoms with Crippen LogP contribution in [0.5, 0.6) is 0 Å². The minimum atomic E-state index is -4.94. The molecule has 0 unspecified atom stereocenters. The summed E-state index contributed by atoms with van der Waals surface area (Å²) < 4.78 is 36.2. The Balaban J connectivity index is 2.65. The first-order valence-electron chi connectivity index (χ1n) is 4.44. The molecule has 2 atom stereocenters. The molecule has 9 heteroatoms. The Bertz CT molecular complexity index is 326. The lowest BCUT2D eigenvalue weighted by Gasteiger charge is -2.34. The standard InChI is InChI=1S/C7H9F3N4O2/c8-7(9,10)6(16)14-2-1-4(12-13-11)5(15)3-14/h4-5,15H,1-3H2/t4-,5-/m0/s1. The number of amides is 1. The minimum absolute atomic E-state index is 0.0209. The van der Waals surface area contributed by atoms with E-state index in [2.05, 4.69) is 10.0 Å². The van der Waals surface area contributed by atoms with Crippen molar-refractivity contribution in [1.82, 2.24) is 4.90 Å². The summed E-state index contributed by atoms with van der Waals surface area (Å²) in [5, 5.41) is 12.6. The second-order valence-electron chi connectivity index (χ2n) is 3.38. The number of azide groups is 1. The van der Waals surface area contributed by atoms with Gasteiger partial charge in [-0.25, -0.2) is 0 Å². The third-order valence-electron chi connectivity index (χ3n) is 2.28. The van der Waals surface area contributed by atoms with Crippen LogP contribution in [0.25, 0.3) is 10.4 Å². The molecule has 0 saturated carbocycles. The van der Waals surface area contributed by atoms with Crippen molar-refractivity contribution in [2.75, 3.05) is 13.1 Å². The highest BCUT2D eigenvalue weighted by Gasteiger charge is 2.44. The quantitative estimate of drug-likeness (QED) is 0.416. The van der Waals surface area contributed by atoms with Crippen LogP contribution in [0.3, 0.4) is 0 Å². The van der Waals surface area contributed by atoms with Gasteiger partial charge < -0.3 is 10.0 Å². The summed E-state index contributed by atoms with van der Waals surface area (Å²) in [5.74, 6) is -1.98. The summed E-state index contributed by atoms with van der Waals surface area (Å²) in [6.07, 6.45) is -6.17. The van der Waals surface area contributed by atoms with Gasteiger partial charge in [0.2, 0.25) is 0 Å². The first-order chi connectivity index (χ1) is 7.36. The average molecular weight is 238 g/mol. The number of aliphatic hydroxyl groups excluding tert-OH is 1. The molecule has 1 rings (SSSR count). The van der Waals surface area contributed by atoms with Gasteiger partial charge in [0.1, 0.15) is 0 Å². The van der Waals surface area contributed by atoms with Crippen molar-refractivity contribution in [3.05, 3.63) is 10.4 Å². The van der Waals surface area contributed by atoms with Crippen LogP contribution in [0.4, 0.5) is 13.2 Å². The normalized spacial score (nSPS) is 26.1. The number of likely N-dealkylation sites (tertiary alicyclic amines) is 1. The maximum Gasteiger partial charge on any atom is 0.471 e. The number of aliphatic hydroxyl groups is 1. The van der Waals surface area contributed by atoms with Gasteiger partial charge in [-0.15, -0.1) is 0 Å². The van der Waals surface area contributed by atoms with E-state index in [1.807, 2.05) is 0 Å². The third-order valence-corrected chi connectivity index (χ3v) is 2.28. The molecular formula is C7H9F3N4O2. The Hall–Kier alpha value is -1.47. The van der Waals surface area contributed by atoms with Gasteiger partial charge >= 0.3 is 12.1 Å². The fourth-order valence-electron chi connectivity index (χ4n) is 1.48. The van der Waals surface area contributed by atoms with Crippen molar-refractivity contribution >= 4 is 5.91 Å². The smallest absolute Gasteiger partial charge is 0.391 e. The van der Waals surface area contributed by atoms with E-state index in [1.165, 1.54) is 0 Å². The number of β-amino-alcohol motifs (C(OH)–C–C–N with tert-alkyl or cyclic N) is 1. The molecule has 1 fully saturated rings. The van der Waals surface area contributed by atoms with Gasteiger partial charge in [-0.1, -0.05) is 5.11 Å². The Morgan fingerprint density at radius 3 is 2.62 bits per heavy atom. The van der Waals surface area contributed by atoms with E-state index in [9.17, 15) is 23.1 Å². The van der Waals surface area contributed by atoms with Crippen molar-refractivity contribution in [1.29, 1.82) is 0 Å². The molecule has 0 aliphatic carbocycles. The number of piperidine rings is 1. The number of hydrogen-bond acceptors (Lipinski definition) is 3. The van der Waals surface area contributed by atoms with Crippen molar-refractivity contribution in [2.24, 2.45) is 5.11 Å². The molecular weight excluding hydrogens is 229 g/mol. The number of nitrogens with zero attached hydrogens (tertiary/aromatic N) is 4. The minimum Gasteiger partial charge on any atom is -0.391 e. The first-order valence-corrected chi connectivity index (χ1v) is 4.44. The van der Waals surface area contributed by atoms with Crippen LogP contribution in [0.1, 0.15) is 6.42 Å². The van der Waals surface area contributed by atoms with Crippen LogP contribution in [0.2, 0.25) is 0 Å². The van der Waals surface area contributed by atoms with E-state index in [-0.39, 0.29) is 13.0 Å². The van der Waals surface area contributed by atoms with Crippen LogP contribution in [0.15, 0.2) is 5.11 Å². The van der Waals surface area contributed by atoms with E-state index in [4.69, 9.17) is 5.53 Å². The maximum absolute atomic E-state index is 12.1. The lowest BCUT2D eigenvalue weighted by atomic mass is 10.0. The molecule has 1 heterocycles. The molecule has 1 saturated heterocycles. The highest BCUT2D eigenvalue weighted by molar-refractivity contribution is 5.82. The topological polar surface area (TPSA) is 89.3 Å². The Kier molecular flexibility index (Phi) is 3.61.